The highest BCUT2D eigenvalue weighted by molar-refractivity contribution is 6.42. The van der Waals surface area contributed by atoms with Gasteiger partial charge < -0.3 is 15.6 Å². The van der Waals surface area contributed by atoms with E-state index in [1.165, 1.54) is 0 Å². The highest BCUT2D eigenvalue weighted by Gasteiger charge is 2.07. The molecule has 0 atom stereocenters. The maximum Gasteiger partial charge on any atom is 0.303 e. The first-order valence-corrected chi connectivity index (χ1v) is 6.94. The smallest absolute Gasteiger partial charge is 0.303 e. The first kappa shape index (κ1) is 15.5. The molecular weight excluding hydrogens is 313 g/mol. The van der Waals surface area contributed by atoms with Crippen molar-refractivity contribution in [2.24, 2.45) is 0 Å². The van der Waals surface area contributed by atoms with Crippen molar-refractivity contribution >= 4 is 34.9 Å². The number of benzene rings is 2. The molecule has 110 valence electrons. The van der Waals surface area contributed by atoms with Gasteiger partial charge in [-0.25, -0.2) is 0 Å². The van der Waals surface area contributed by atoms with Crippen LogP contribution in [0.3, 0.4) is 0 Å². The Morgan fingerprint density at radius 1 is 1.14 bits per heavy atom. The van der Waals surface area contributed by atoms with Gasteiger partial charge in [-0.05, 0) is 36.2 Å². The number of halogens is 2. The minimum Gasteiger partial charge on any atom is -0.481 e. The number of aryl methyl sites for hydroxylation is 1. The van der Waals surface area contributed by atoms with Crippen LogP contribution in [-0.2, 0) is 11.2 Å². The second kappa shape index (κ2) is 6.70. The molecule has 2 aromatic carbocycles. The van der Waals surface area contributed by atoms with Crippen LogP contribution in [0.4, 0.5) is 5.69 Å². The van der Waals surface area contributed by atoms with E-state index in [4.69, 9.17) is 38.8 Å². The summed E-state index contributed by atoms with van der Waals surface area (Å²) < 4.78 is 5.64. The number of hydrogen-bond donors (Lipinski definition) is 2. The molecule has 3 N–H and O–H groups in total. The average Bonchev–Trinajstić information content (AvgIpc) is 2.43. The number of aliphatic carboxylic acids is 1. The largest absolute Gasteiger partial charge is 0.481 e. The van der Waals surface area contributed by atoms with Gasteiger partial charge in [0.05, 0.1) is 15.7 Å². The maximum atomic E-state index is 10.5. The Labute approximate surface area is 132 Å². The fourth-order valence-corrected chi connectivity index (χ4v) is 2.05. The summed E-state index contributed by atoms with van der Waals surface area (Å²) >= 11 is 11.8. The third kappa shape index (κ3) is 4.28. The van der Waals surface area contributed by atoms with E-state index in [1.807, 2.05) is 0 Å². The quantitative estimate of drug-likeness (QED) is 0.800. The molecule has 0 unspecified atom stereocenters. The molecule has 0 saturated carbocycles. The lowest BCUT2D eigenvalue weighted by molar-refractivity contribution is -0.136. The van der Waals surface area contributed by atoms with Gasteiger partial charge in [0.1, 0.15) is 11.5 Å². The summed E-state index contributed by atoms with van der Waals surface area (Å²) in [6.07, 6.45) is 0.485. The number of nitrogens with two attached hydrogens (primary N) is 1. The van der Waals surface area contributed by atoms with Crippen LogP contribution in [0.2, 0.25) is 10.0 Å². The molecule has 2 rings (SSSR count). The van der Waals surface area contributed by atoms with Crippen LogP contribution in [0, 0.1) is 0 Å². The van der Waals surface area contributed by atoms with E-state index < -0.39 is 5.97 Å². The lowest BCUT2D eigenvalue weighted by Crippen LogP contribution is -1.99. The number of rotatable bonds is 5. The van der Waals surface area contributed by atoms with Crippen molar-refractivity contribution in [1.82, 2.24) is 0 Å². The summed E-state index contributed by atoms with van der Waals surface area (Å²) in [6, 6.07) is 10.1. The summed E-state index contributed by atoms with van der Waals surface area (Å²) in [6.45, 7) is 0. The summed E-state index contributed by atoms with van der Waals surface area (Å²) in [5, 5.41) is 9.50. The molecule has 0 heterocycles. The van der Waals surface area contributed by atoms with Crippen LogP contribution in [0.25, 0.3) is 0 Å². The van der Waals surface area contributed by atoms with Crippen molar-refractivity contribution in [1.29, 1.82) is 0 Å². The van der Waals surface area contributed by atoms with Gasteiger partial charge >= 0.3 is 5.97 Å². The Morgan fingerprint density at radius 3 is 2.52 bits per heavy atom. The number of carbonyl (C=O) groups is 1. The van der Waals surface area contributed by atoms with Gasteiger partial charge in [0.15, 0.2) is 0 Å². The van der Waals surface area contributed by atoms with Gasteiger partial charge in [0.25, 0.3) is 0 Å². The molecule has 0 bridgehead atoms. The van der Waals surface area contributed by atoms with Crippen LogP contribution >= 0.6 is 23.2 Å². The van der Waals surface area contributed by atoms with E-state index >= 15 is 0 Å². The zero-order valence-corrected chi connectivity index (χ0v) is 12.5. The van der Waals surface area contributed by atoms with Crippen molar-refractivity contribution in [3.8, 4) is 11.5 Å². The molecule has 0 aliphatic heterocycles. The Balaban J connectivity index is 2.13. The first-order chi connectivity index (χ1) is 9.95. The van der Waals surface area contributed by atoms with Crippen LogP contribution in [0.1, 0.15) is 12.0 Å². The van der Waals surface area contributed by atoms with Gasteiger partial charge in [-0.3, -0.25) is 4.79 Å². The lowest BCUT2D eigenvalue weighted by Gasteiger charge is -2.10. The Hall–Kier alpha value is -1.91. The van der Waals surface area contributed by atoms with Crippen molar-refractivity contribution < 1.29 is 14.6 Å². The van der Waals surface area contributed by atoms with Gasteiger partial charge in [0.2, 0.25) is 0 Å². The Kier molecular flexibility index (Phi) is 4.94. The summed E-state index contributed by atoms with van der Waals surface area (Å²) in [4.78, 5) is 10.5. The average molecular weight is 326 g/mol. The monoisotopic (exact) mass is 325 g/mol. The molecule has 0 radical (unpaired) electrons. The molecule has 0 aliphatic carbocycles. The Morgan fingerprint density at radius 2 is 1.90 bits per heavy atom. The van der Waals surface area contributed by atoms with Gasteiger partial charge in [-0.2, -0.15) is 0 Å². The molecule has 0 fully saturated rings. The number of hydrogen-bond acceptors (Lipinski definition) is 3. The predicted octanol–water partition coefficient (Wildman–Crippen LogP) is 4.39. The van der Waals surface area contributed by atoms with Crippen molar-refractivity contribution in [3.63, 3.8) is 0 Å². The minimum absolute atomic E-state index is 0.0619. The fourth-order valence-electron chi connectivity index (χ4n) is 1.76. The minimum atomic E-state index is -0.843. The third-order valence-corrected chi connectivity index (χ3v) is 3.56. The molecule has 4 nitrogen and oxygen atoms in total. The molecule has 0 aromatic heterocycles. The van der Waals surface area contributed by atoms with E-state index in [9.17, 15) is 4.79 Å². The van der Waals surface area contributed by atoms with Crippen molar-refractivity contribution in [2.75, 3.05) is 5.73 Å². The molecule has 21 heavy (non-hydrogen) atoms. The number of nitrogen functional groups attached to an aromatic ring is 1. The molecule has 2 aromatic rings. The summed E-state index contributed by atoms with van der Waals surface area (Å²) in [7, 11) is 0. The fraction of sp³-hybridized carbons (Fsp3) is 0.133. The normalized spacial score (nSPS) is 10.4. The highest BCUT2D eigenvalue weighted by Crippen LogP contribution is 2.32. The topological polar surface area (TPSA) is 72.6 Å². The van der Waals surface area contributed by atoms with E-state index in [1.54, 1.807) is 36.4 Å². The van der Waals surface area contributed by atoms with Crippen LogP contribution in [-0.4, -0.2) is 11.1 Å². The second-order valence-corrected chi connectivity index (χ2v) is 5.26. The molecular formula is C15H13Cl2NO3. The summed E-state index contributed by atoms with van der Waals surface area (Å²) in [5.74, 6) is 0.159. The second-order valence-electron chi connectivity index (χ2n) is 4.44. The van der Waals surface area contributed by atoms with Crippen LogP contribution < -0.4 is 10.5 Å². The standard InChI is InChI=1S/C15H13Cl2NO3/c16-11-4-3-10(8-12(11)17)21-14-5-1-9(7-13(14)18)2-6-15(19)20/h1,3-5,7-8H,2,6,18H2,(H,19,20). The lowest BCUT2D eigenvalue weighted by atomic mass is 10.1. The van der Waals surface area contributed by atoms with Crippen molar-refractivity contribution in [3.05, 3.63) is 52.0 Å². The molecule has 0 aliphatic rings. The van der Waals surface area contributed by atoms with E-state index in [-0.39, 0.29) is 6.42 Å². The van der Waals surface area contributed by atoms with E-state index in [2.05, 4.69) is 0 Å². The maximum absolute atomic E-state index is 10.5. The van der Waals surface area contributed by atoms with Gasteiger partial charge in [0, 0.05) is 12.5 Å². The molecule has 0 spiro atoms. The number of ether oxygens (including phenoxy) is 1. The molecule has 6 heteroatoms. The van der Waals surface area contributed by atoms with Crippen LogP contribution in [0.15, 0.2) is 36.4 Å². The van der Waals surface area contributed by atoms with Gasteiger partial charge in [-0.15, -0.1) is 0 Å². The highest BCUT2D eigenvalue weighted by atomic mass is 35.5. The Bertz CT molecular complexity index is 674. The summed E-state index contributed by atoms with van der Waals surface area (Å²) in [5.41, 5.74) is 7.19. The number of carboxylic acid groups (broad SMARTS) is 1. The van der Waals surface area contributed by atoms with Gasteiger partial charge in [-0.1, -0.05) is 29.3 Å². The third-order valence-electron chi connectivity index (χ3n) is 2.82. The zero-order valence-electron chi connectivity index (χ0n) is 11.0. The molecule has 0 saturated heterocycles. The number of carboxylic acids is 1. The number of anilines is 1. The first-order valence-electron chi connectivity index (χ1n) is 6.19. The molecule has 0 amide bonds. The predicted molar refractivity (Wildman–Crippen MR) is 83.3 cm³/mol. The van der Waals surface area contributed by atoms with E-state index in [0.29, 0.717) is 33.7 Å². The van der Waals surface area contributed by atoms with E-state index in [0.717, 1.165) is 5.56 Å². The van der Waals surface area contributed by atoms with Crippen molar-refractivity contribution in [2.45, 2.75) is 12.8 Å². The SMILES string of the molecule is Nc1cc(CCC(=O)O)ccc1Oc1ccc(Cl)c(Cl)c1. The van der Waals surface area contributed by atoms with Crippen LogP contribution in [0.5, 0.6) is 11.5 Å². The zero-order chi connectivity index (χ0) is 15.4.